The van der Waals surface area contributed by atoms with Crippen LogP contribution in [0, 0.1) is 5.82 Å². The molecule has 2 aromatic heterocycles. The van der Waals surface area contributed by atoms with Crippen molar-refractivity contribution in [3.8, 4) is 5.75 Å². The summed E-state index contributed by atoms with van der Waals surface area (Å²) in [6.45, 7) is -0.0176. The zero-order valence-electron chi connectivity index (χ0n) is 16.6. The highest BCUT2D eigenvalue weighted by atomic mass is 19.4. The van der Waals surface area contributed by atoms with Gasteiger partial charge in [-0.2, -0.15) is 15.0 Å². The van der Waals surface area contributed by atoms with Crippen molar-refractivity contribution < 1.29 is 27.1 Å². The van der Waals surface area contributed by atoms with E-state index in [1.807, 2.05) is 25.2 Å². The van der Waals surface area contributed by atoms with Crippen LogP contribution in [0.1, 0.15) is 11.1 Å². The summed E-state index contributed by atoms with van der Waals surface area (Å²) in [5.74, 6) is -2.20. The second kappa shape index (κ2) is 8.29. The number of halogens is 4. The van der Waals surface area contributed by atoms with Crippen LogP contribution in [0.25, 0.3) is 10.9 Å². The maximum absolute atomic E-state index is 13.8. The lowest BCUT2D eigenvalue weighted by Crippen LogP contribution is -2.18. The minimum absolute atomic E-state index is 0.0176. The SMILES string of the molecule is Cn1ncc2ccc(CC(=O)Nc3cnn(Cc4ccc(OC(F)(F)F)c(F)c4)n3)cc21. The molecule has 0 spiro atoms. The predicted octanol–water partition coefficient (Wildman–Crippen LogP) is 3.43. The summed E-state index contributed by atoms with van der Waals surface area (Å²) in [5, 5.41) is 15.8. The number of carbonyl (C=O) groups is 1. The standard InChI is InChI=1S/C20H16F4N6O2/c1-29-16-7-12(2-4-14(16)9-25-29)8-19(31)27-18-10-26-30(28-18)11-13-3-5-17(15(21)6-13)32-20(22,23)24/h2-7,9-10H,8,11H2,1H3,(H,27,28,31). The van der Waals surface area contributed by atoms with Gasteiger partial charge < -0.3 is 10.1 Å². The maximum Gasteiger partial charge on any atom is 0.573 e. The van der Waals surface area contributed by atoms with E-state index in [9.17, 15) is 22.4 Å². The smallest absolute Gasteiger partial charge is 0.403 e. The number of amides is 1. The fraction of sp³-hybridized carbons (Fsp3) is 0.200. The van der Waals surface area contributed by atoms with Crippen LogP contribution in [-0.2, 0) is 24.8 Å². The Labute approximate surface area is 178 Å². The monoisotopic (exact) mass is 448 g/mol. The highest BCUT2D eigenvalue weighted by molar-refractivity contribution is 5.92. The zero-order chi connectivity index (χ0) is 22.9. The fourth-order valence-corrected chi connectivity index (χ4v) is 3.12. The van der Waals surface area contributed by atoms with Gasteiger partial charge in [-0.25, -0.2) is 4.39 Å². The number of nitrogens with zero attached hydrogens (tertiary/aromatic N) is 5. The third-order valence-electron chi connectivity index (χ3n) is 4.53. The topological polar surface area (TPSA) is 86.9 Å². The lowest BCUT2D eigenvalue weighted by molar-refractivity contribution is -0.275. The van der Waals surface area contributed by atoms with Crippen molar-refractivity contribution in [3.63, 3.8) is 0 Å². The van der Waals surface area contributed by atoms with Gasteiger partial charge in [0, 0.05) is 12.4 Å². The first-order valence-electron chi connectivity index (χ1n) is 9.31. The average molecular weight is 448 g/mol. The van der Waals surface area contributed by atoms with Gasteiger partial charge in [-0.3, -0.25) is 9.48 Å². The molecule has 32 heavy (non-hydrogen) atoms. The number of fused-ring (bicyclic) bond motifs is 1. The van der Waals surface area contributed by atoms with Crippen LogP contribution in [-0.4, -0.2) is 37.0 Å². The van der Waals surface area contributed by atoms with Crippen molar-refractivity contribution in [3.05, 3.63) is 65.7 Å². The first-order chi connectivity index (χ1) is 15.2. The number of rotatable bonds is 6. The number of hydrogen-bond acceptors (Lipinski definition) is 5. The van der Waals surface area contributed by atoms with Gasteiger partial charge in [0.05, 0.1) is 30.9 Å². The molecular formula is C20H16F4N6O2. The van der Waals surface area contributed by atoms with Crippen molar-refractivity contribution in [2.24, 2.45) is 7.05 Å². The van der Waals surface area contributed by atoms with Gasteiger partial charge in [0.1, 0.15) is 0 Å². The fourth-order valence-electron chi connectivity index (χ4n) is 3.12. The Bertz CT molecular complexity index is 1280. The molecule has 8 nitrogen and oxygen atoms in total. The zero-order valence-corrected chi connectivity index (χ0v) is 16.6. The van der Waals surface area contributed by atoms with Gasteiger partial charge in [-0.05, 0) is 29.3 Å². The molecule has 0 saturated carbocycles. The molecule has 0 aliphatic heterocycles. The second-order valence-electron chi connectivity index (χ2n) is 6.96. The minimum atomic E-state index is -4.98. The minimum Gasteiger partial charge on any atom is -0.403 e. The molecule has 0 unspecified atom stereocenters. The van der Waals surface area contributed by atoms with E-state index < -0.39 is 17.9 Å². The molecule has 0 radical (unpaired) electrons. The van der Waals surface area contributed by atoms with Crippen LogP contribution in [0.5, 0.6) is 5.75 Å². The number of aromatic nitrogens is 5. The molecule has 4 rings (SSSR count). The Morgan fingerprint density at radius 3 is 2.62 bits per heavy atom. The summed E-state index contributed by atoms with van der Waals surface area (Å²) in [5.41, 5.74) is 2.01. The van der Waals surface area contributed by atoms with Crippen LogP contribution >= 0.6 is 0 Å². The van der Waals surface area contributed by atoms with Gasteiger partial charge in [0.2, 0.25) is 5.91 Å². The quantitative estimate of drug-likeness (QED) is 0.457. The highest BCUT2D eigenvalue weighted by Crippen LogP contribution is 2.26. The van der Waals surface area contributed by atoms with E-state index in [1.165, 1.54) is 17.1 Å². The van der Waals surface area contributed by atoms with E-state index in [4.69, 9.17) is 0 Å². The van der Waals surface area contributed by atoms with Crippen LogP contribution in [0.3, 0.4) is 0 Å². The number of benzene rings is 2. The van der Waals surface area contributed by atoms with Crippen molar-refractivity contribution in [1.82, 2.24) is 24.8 Å². The summed E-state index contributed by atoms with van der Waals surface area (Å²) < 4.78 is 55.8. The van der Waals surface area contributed by atoms with Crippen molar-refractivity contribution in [2.45, 2.75) is 19.3 Å². The summed E-state index contributed by atoms with van der Waals surface area (Å²) in [4.78, 5) is 13.5. The Morgan fingerprint density at radius 2 is 1.88 bits per heavy atom. The van der Waals surface area contributed by atoms with Crippen LogP contribution in [0.4, 0.5) is 23.4 Å². The van der Waals surface area contributed by atoms with Crippen molar-refractivity contribution in [1.29, 1.82) is 0 Å². The van der Waals surface area contributed by atoms with Crippen LogP contribution in [0.15, 0.2) is 48.8 Å². The number of alkyl halides is 3. The number of nitrogens with one attached hydrogen (secondary N) is 1. The number of carbonyl (C=O) groups excluding carboxylic acids is 1. The van der Waals surface area contributed by atoms with E-state index in [0.29, 0.717) is 5.56 Å². The third kappa shape index (κ3) is 5.02. The van der Waals surface area contributed by atoms with Crippen molar-refractivity contribution in [2.75, 3.05) is 5.32 Å². The lowest BCUT2D eigenvalue weighted by atomic mass is 10.1. The van der Waals surface area contributed by atoms with Gasteiger partial charge in [0.15, 0.2) is 17.4 Å². The van der Waals surface area contributed by atoms with Gasteiger partial charge in [0.25, 0.3) is 0 Å². The largest absolute Gasteiger partial charge is 0.573 e. The Kier molecular flexibility index (Phi) is 5.51. The van der Waals surface area contributed by atoms with E-state index in [-0.39, 0.29) is 24.7 Å². The summed E-state index contributed by atoms with van der Waals surface area (Å²) in [6, 6.07) is 8.63. The highest BCUT2D eigenvalue weighted by Gasteiger charge is 2.32. The van der Waals surface area contributed by atoms with E-state index in [1.54, 1.807) is 10.9 Å². The first kappa shape index (κ1) is 21.3. The molecule has 4 aromatic rings. The Balaban J connectivity index is 1.37. The molecule has 1 N–H and O–H groups in total. The van der Waals surface area contributed by atoms with Crippen LogP contribution < -0.4 is 10.1 Å². The number of aryl methyl sites for hydroxylation is 1. The average Bonchev–Trinajstić information content (AvgIpc) is 3.29. The third-order valence-corrected chi connectivity index (χ3v) is 4.53. The molecule has 0 fully saturated rings. The van der Waals surface area contributed by atoms with E-state index >= 15 is 0 Å². The second-order valence-corrected chi connectivity index (χ2v) is 6.96. The van der Waals surface area contributed by atoms with Crippen LogP contribution in [0.2, 0.25) is 0 Å². The number of hydrogen-bond donors (Lipinski definition) is 1. The summed E-state index contributed by atoms with van der Waals surface area (Å²) >= 11 is 0. The van der Waals surface area contributed by atoms with Gasteiger partial charge >= 0.3 is 6.36 Å². The molecule has 0 atom stereocenters. The molecule has 2 aromatic carbocycles. The Hall–Kier alpha value is -3.96. The molecule has 12 heteroatoms. The molecule has 1 amide bonds. The number of ether oxygens (including phenoxy) is 1. The first-order valence-corrected chi connectivity index (χ1v) is 9.31. The molecule has 2 heterocycles. The maximum atomic E-state index is 13.8. The lowest BCUT2D eigenvalue weighted by Gasteiger charge is -2.10. The molecule has 166 valence electrons. The Morgan fingerprint density at radius 1 is 1.09 bits per heavy atom. The van der Waals surface area contributed by atoms with Gasteiger partial charge in [-0.1, -0.05) is 18.2 Å². The molecule has 0 aliphatic rings. The molecular weight excluding hydrogens is 432 g/mol. The number of anilines is 1. The molecule has 0 bridgehead atoms. The molecule has 0 saturated heterocycles. The van der Waals surface area contributed by atoms with Gasteiger partial charge in [-0.15, -0.1) is 18.3 Å². The summed E-state index contributed by atoms with van der Waals surface area (Å²) in [7, 11) is 1.81. The van der Waals surface area contributed by atoms with E-state index in [2.05, 4.69) is 25.3 Å². The van der Waals surface area contributed by atoms with Crippen molar-refractivity contribution >= 4 is 22.6 Å². The normalized spacial score (nSPS) is 11.7. The summed E-state index contributed by atoms with van der Waals surface area (Å²) in [6.07, 6.45) is -1.82. The molecule has 0 aliphatic carbocycles. The van der Waals surface area contributed by atoms with E-state index in [0.717, 1.165) is 28.6 Å². The predicted molar refractivity (Wildman–Crippen MR) is 105 cm³/mol.